The van der Waals surface area contributed by atoms with Crippen molar-refractivity contribution >= 4 is 5.84 Å². The molecule has 18 heavy (non-hydrogen) atoms. The van der Waals surface area contributed by atoms with Crippen molar-refractivity contribution in [1.29, 1.82) is 0 Å². The standard InChI is InChI=1S/C12H17N3O3/c13-12(15-16)9-4-5-11(14-7-9)18-8-10-3-1-2-6-17-10/h4-5,7,10,16H,1-3,6,8H2,(H2,13,15). The van der Waals surface area contributed by atoms with Crippen LogP contribution in [0.3, 0.4) is 0 Å². The van der Waals surface area contributed by atoms with Crippen molar-refractivity contribution in [2.45, 2.75) is 25.4 Å². The molecule has 6 nitrogen and oxygen atoms in total. The number of pyridine rings is 1. The molecule has 1 fully saturated rings. The molecule has 2 heterocycles. The van der Waals surface area contributed by atoms with E-state index in [1.165, 1.54) is 12.6 Å². The van der Waals surface area contributed by atoms with E-state index in [-0.39, 0.29) is 11.9 Å². The Bertz CT molecular complexity index is 400. The Hall–Kier alpha value is -1.82. The zero-order valence-corrected chi connectivity index (χ0v) is 10.1. The van der Waals surface area contributed by atoms with Crippen LogP contribution in [-0.4, -0.2) is 35.3 Å². The van der Waals surface area contributed by atoms with E-state index < -0.39 is 0 Å². The van der Waals surface area contributed by atoms with Gasteiger partial charge in [-0.05, 0) is 25.3 Å². The number of hydrogen-bond acceptors (Lipinski definition) is 5. The molecule has 0 amide bonds. The zero-order valence-electron chi connectivity index (χ0n) is 10.1. The minimum Gasteiger partial charge on any atom is -0.475 e. The highest BCUT2D eigenvalue weighted by atomic mass is 16.5. The lowest BCUT2D eigenvalue weighted by Crippen LogP contribution is -2.26. The monoisotopic (exact) mass is 251 g/mol. The maximum atomic E-state index is 8.52. The van der Waals surface area contributed by atoms with Gasteiger partial charge in [0.25, 0.3) is 0 Å². The minimum atomic E-state index is 0.0321. The van der Waals surface area contributed by atoms with E-state index in [2.05, 4.69) is 10.1 Å². The molecule has 1 aromatic rings. The Morgan fingerprint density at radius 1 is 1.56 bits per heavy atom. The summed E-state index contributed by atoms with van der Waals surface area (Å²) in [7, 11) is 0. The van der Waals surface area contributed by atoms with Gasteiger partial charge >= 0.3 is 0 Å². The highest BCUT2D eigenvalue weighted by Gasteiger charge is 2.14. The van der Waals surface area contributed by atoms with Crippen molar-refractivity contribution in [2.75, 3.05) is 13.2 Å². The molecule has 98 valence electrons. The molecule has 1 saturated heterocycles. The first-order valence-corrected chi connectivity index (χ1v) is 5.98. The summed E-state index contributed by atoms with van der Waals surface area (Å²) in [4.78, 5) is 4.08. The predicted octanol–water partition coefficient (Wildman–Crippen LogP) is 1.12. The Morgan fingerprint density at radius 2 is 2.44 bits per heavy atom. The summed E-state index contributed by atoms with van der Waals surface area (Å²) in [5.41, 5.74) is 5.99. The molecule has 0 saturated carbocycles. The van der Waals surface area contributed by atoms with Gasteiger partial charge in [0.15, 0.2) is 5.84 Å². The Labute approximate surface area is 105 Å². The van der Waals surface area contributed by atoms with Crippen LogP contribution in [-0.2, 0) is 4.74 Å². The first-order chi connectivity index (χ1) is 8.79. The second-order valence-electron chi connectivity index (χ2n) is 4.17. The predicted molar refractivity (Wildman–Crippen MR) is 65.8 cm³/mol. The lowest BCUT2D eigenvalue weighted by atomic mass is 10.1. The van der Waals surface area contributed by atoms with Crippen molar-refractivity contribution < 1.29 is 14.7 Å². The molecular formula is C12H17N3O3. The lowest BCUT2D eigenvalue weighted by Gasteiger charge is -2.22. The van der Waals surface area contributed by atoms with Crippen LogP contribution >= 0.6 is 0 Å². The third-order valence-electron chi connectivity index (χ3n) is 2.83. The van der Waals surface area contributed by atoms with Crippen molar-refractivity contribution in [3.8, 4) is 5.88 Å². The summed E-state index contributed by atoms with van der Waals surface area (Å²) in [6, 6.07) is 3.38. The van der Waals surface area contributed by atoms with Crippen molar-refractivity contribution in [2.24, 2.45) is 10.9 Å². The van der Waals surface area contributed by atoms with Crippen molar-refractivity contribution in [3.63, 3.8) is 0 Å². The summed E-state index contributed by atoms with van der Waals surface area (Å²) >= 11 is 0. The van der Waals surface area contributed by atoms with Gasteiger partial charge in [-0.1, -0.05) is 5.16 Å². The number of amidine groups is 1. The normalized spacial score (nSPS) is 20.7. The molecule has 1 aliphatic heterocycles. The van der Waals surface area contributed by atoms with Gasteiger partial charge < -0.3 is 20.4 Å². The van der Waals surface area contributed by atoms with Crippen LogP contribution in [0.1, 0.15) is 24.8 Å². The highest BCUT2D eigenvalue weighted by molar-refractivity contribution is 5.96. The van der Waals surface area contributed by atoms with Gasteiger partial charge in [-0.3, -0.25) is 0 Å². The van der Waals surface area contributed by atoms with E-state index in [1.54, 1.807) is 12.1 Å². The third kappa shape index (κ3) is 3.33. The highest BCUT2D eigenvalue weighted by Crippen LogP contribution is 2.14. The molecule has 0 radical (unpaired) electrons. The lowest BCUT2D eigenvalue weighted by molar-refractivity contribution is -0.0119. The fourth-order valence-corrected chi connectivity index (χ4v) is 1.79. The second-order valence-corrected chi connectivity index (χ2v) is 4.17. The van der Waals surface area contributed by atoms with E-state index in [0.717, 1.165) is 19.4 Å². The molecule has 1 unspecified atom stereocenters. The van der Waals surface area contributed by atoms with Gasteiger partial charge in [-0.2, -0.15) is 0 Å². The van der Waals surface area contributed by atoms with Crippen LogP contribution in [0.2, 0.25) is 0 Å². The van der Waals surface area contributed by atoms with E-state index in [4.69, 9.17) is 20.4 Å². The van der Waals surface area contributed by atoms with Crippen LogP contribution in [0.15, 0.2) is 23.5 Å². The molecule has 1 aliphatic rings. The summed E-state index contributed by atoms with van der Waals surface area (Å²) in [5.74, 6) is 0.545. The number of nitrogens with two attached hydrogens (primary N) is 1. The maximum Gasteiger partial charge on any atom is 0.213 e. The number of ether oxygens (including phenoxy) is 2. The largest absolute Gasteiger partial charge is 0.475 e. The maximum absolute atomic E-state index is 8.52. The molecule has 0 bridgehead atoms. The van der Waals surface area contributed by atoms with Gasteiger partial charge in [-0.15, -0.1) is 0 Å². The van der Waals surface area contributed by atoms with E-state index >= 15 is 0 Å². The number of aromatic nitrogens is 1. The fraction of sp³-hybridized carbons (Fsp3) is 0.500. The average Bonchev–Trinajstić information content (AvgIpc) is 2.46. The van der Waals surface area contributed by atoms with E-state index in [1.807, 2.05) is 0 Å². The fourth-order valence-electron chi connectivity index (χ4n) is 1.79. The van der Waals surface area contributed by atoms with E-state index in [9.17, 15) is 0 Å². The van der Waals surface area contributed by atoms with E-state index in [0.29, 0.717) is 18.1 Å². The van der Waals surface area contributed by atoms with Gasteiger partial charge in [0.2, 0.25) is 5.88 Å². The van der Waals surface area contributed by atoms with Gasteiger partial charge in [-0.25, -0.2) is 4.98 Å². The Balaban J connectivity index is 1.86. The van der Waals surface area contributed by atoms with Crippen LogP contribution in [0.4, 0.5) is 0 Å². The Kier molecular flexibility index (Phi) is 4.35. The molecule has 6 heteroatoms. The van der Waals surface area contributed by atoms with Crippen LogP contribution < -0.4 is 10.5 Å². The Morgan fingerprint density at radius 3 is 3.06 bits per heavy atom. The van der Waals surface area contributed by atoms with Crippen molar-refractivity contribution in [3.05, 3.63) is 23.9 Å². The third-order valence-corrected chi connectivity index (χ3v) is 2.83. The summed E-state index contributed by atoms with van der Waals surface area (Å²) in [5, 5.41) is 11.4. The van der Waals surface area contributed by atoms with Gasteiger partial charge in [0.1, 0.15) is 6.61 Å². The summed E-state index contributed by atoms with van der Waals surface area (Å²) in [6.45, 7) is 1.32. The minimum absolute atomic E-state index is 0.0321. The second kappa shape index (κ2) is 6.20. The van der Waals surface area contributed by atoms with Gasteiger partial charge in [0.05, 0.1) is 6.10 Å². The smallest absolute Gasteiger partial charge is 0.213 e. The molecule has 0 aliphatic carbocycles. The molecule has 1 aromatic heterocycles. The van der Waals surface area contributed by atoms with Crippen molar-refractivity contribution in [1.82, 2.24) is 4.98 Å². The first kappa shape index (κ1) is 12.6. The molecule has 1 atom stereocenters. The van der Waals surface area contributed by atoms with Crippen LogP contribution in [0, 0.1) is 0 Å². The number of hydrogen-bond donors (Lipinski definition) is 2. The van der Waals surface area contributed by atoms with Crippen LogP contribution in [0.5, 0.6) is 5.88 Å². The molecule has 0 spiro atoms. The molecule has 0 aromatic carbocycles. The average molecular weight is 251 g/mol. The zero-order chi connectivity index (χ0) is 12.8. The van der Waals surface area contributed by atoms with Gasteiger partial charge in [0, 0.05) is 24.4 Å². The topological polar surface area (TPSA) is 90.0 Å². The number of rotatable bonds is 4. The van der Waals surface area contributed by atoms with Crippen LogP contribution in [0.25, 0.3) is 0 Å². The summed E-state index contributed by atoms with van der Waals surface area (Å²) in [6.07, 6.45) is 5.01. The number of nitrogens with zero attached hydrogens (tertiary/aromatic N) is 2. The molecular weight excluding hydrogens is 234 g/mol. The molecule has 2 rings (SSSR count). The summed E-state index contributed by atoms with van der Waals surface area (Å²) < 4.78 is 11.1. The number of oxime groups is 1. The SMILES string of the molecule is N/C(=N\O)c1ccc(OCC2CCCCO2)nc1. The first-order valence-electron chi connectivity index (χ1n) is 5.98. The molecule has 3 N–H and O–H groups in total. The quantitative estimate of drug-likeness (QED) is 0.362.